The Morgan fingerprint density at radius 3 is 2.95 bits per heavy atom. The Morgan fingerprint density at radius 2 is 2.23 bits per heavy atom. The molecule has 0 radical (unpaired) electrons. The van der Waals surface area contributed by atoms with Gasteiger partial charge in [-0.3, -0.25) is 14.5 Å². The maximum Gasteiger partial charge on any atom is 0.328 e. The Bertz CT molecular complexity index is 700. The van der Waals surface area contributed by atoms with Crippen LogP contribution in [0.4, 0.5) is 0 Å². The van der Waals surface area contributed by atoms with Gasteiger partial charge in [-0.2, -0.15) is 5.10 Å². The molecule has 0 unspecified atom stereocenters. The molecule has 7 heteroatoms. The van der Waals surface area contributed by atoms with E-state index in [1.54, 1.807) is 13.1 Å². The fourth-order valence-corrected chi connectivity index (χ4v) is 3.10. The van der Waals surface area contributed by atoms with Crippen LogP contribution in [0.2, 0.25) is 0 Å². The van der Waals surface area contributed by atoms with E-state index in [1.165, 1.54) is 10.6 Å². The molecule has 1 saturated heterocycles. The van der Waals surface area contributed by atoms with E-state index in [4.69, 9.17) is 0 Å². The molecule has 0 saturated carbocycles. The van der Waals surface area contributed by atoms with Crippen LogP contribution >= 0.6 is 0 Å². The predicted octanol–water partition coefficient (Wildman–Crippen LogP) is 0.448. The van der Waals surface area contributed by atoms with E-state index in [-0.39, 0.29) is 11.2 Å². The van der Waals surface area contributed by atoms with Crippen LogP contribution in [0.5, 0.6) is 0 Å². The second kappa shape index (κ2) is 6.31. The smallest absolute Gasteiger partial charge is 0.311 e. The molecule has 0 aliphatic carbocycles. The third kappa shape index (κ3) is 3.19. The summed E-state index contributed by atoms with van der Waals surface area (Å²) in [6.07, 6.45) is 4.03. The van der Waals surface area contributed by atoms with Gasteiger partial charge in [0.05, 0.1) is 0 Å². The standard InChI is InChI=1S/C15H21N5O2/c1-11-9-14(21)20(15(22)17-11)8-7-19-6-2-3-12(10-19)13-4-5-16-18-13/h4-5,9,12H,2-3,6-8,10H2,1H3,(H,16,18)(H,17,22)/t12-/m0/s1. The van der Waals surface area contributed by atoms with Crippen LogP contribution in [0.15, 0.2) is 27.9 Å². The van der Waals surface area contributed by atoms with Crippen LogP contribution in [0.25, 0.3) is 0 Å². The van der Waals surface area contributed by atoms with Gasteiger partial charge in [-0.1, -0.05) is 0 Å². The van der Waals surface area contributed by atoms with Crippen molar-refractivity contribution in [1.82, 2.24) is 24.6 Å². The number of aryl methyl sites for hydroxylation is 1. The van der Waals surface area contributed by atoms with Crippen molar-refractivity contribution in [2.45, 2.75) is 32.2 Å². The first-order chi connectivity index (χ1) is 10.6. The van der Waals surface area contributed by atoms with Gasteiger partial charge in [-0.05, 0) is 32.4 Å². The minimum absolute atomic E-state index is 0.233. The molecular formula is C15H21N5O2. The SMILES string of the molecule is Cc1cc(=O)n(CCN2CCC[C@H](c3ccn[nH]3)C2)c(=O)[nH]1. The zero-order chi connectivity index (χ0) is 15.5. The van der Waals surface area contributed by atoms with Gasteiger partial charge in [-0.15, -0.1) is 0 Å². The number of rotatable bonds is 4. The van der Waals surface area contributed by atoms with E-state index in [1.807, 2.05) is 6.07 Å². The van der Waals surface area contributed by atoms with Crippen molar-refractivity contribution in [1.29, 1.82) is 0 Å². The number of nitrogens with one attached hydrogen (secondary N) is 2. The molecule has 3 rings (SSSR count). The molecular weight excluding hydrogens is 282 g/mol. The summed E-state index contributed by atoms with van der Waals surface area (Å²) >= 11 is 0. The monoisotopic (exact) mass is 303 g/mol. The van der Waals surface area contributed by atoms with Gasteiger partial charge in [-0.25, -0.2) is 4.79 Å². The molecule has 0 aromatic carbocycles. The second-order valence-corrected chi connectivity index (χ2v) is 5.90. The zero-order valence-corrected chi connectivity index (χ0v) is 12.7. The van der Waals surface area contributed by atoms with Gasteiger partial charge >= 0.3 is 5.69 Å². The Labute approximate surface area is 128 Å². The maximum absolute atomic E-state index is 11.9. The van der Waals surface area contributed by atoms with Gasteiger partial charge in [0, 0.05) is 49.2 Å². The minimum Gasteiger partial charge on any atom is -0.311 e. The first-order valence-corrected chi connectivity index (χ1v) is 7.66. The van der Waals surface area contributed by atoms with Crippen LogP contribution in [0.1, 0.15) is 30.1 Å². The van der Waals surface area contributed by atoms with Crippen LogP contribution in [-0.2, 0) is 6.54 Å². The van der Waals surface area contributed by atoms with Crippen molar-refractivity contribution in [3.05, 3.63) is 50.6 Å². The maximum atomic E-state index is 11.9. The van der Waals surface area contributed by atoms with Crippen molar-refractivity contribution in [2.24, 2.45) is 0 Å². The Morgan fingerprint density at radius 1 is 1.36 bits per heavy atom. The number of hydrogen-bond acceptors (Lipinski definition) is 4. The van der Waals surface area contributed by atoms with Crippen molar-refractivity contribution in [3.8, 4) is 0 Å². The lowest BCUT2D eigenvalue weighted by Crippen LogP contribution is -2.41. The fraction of sp³-hybridized carbons (Fsp3) is 0.533. The first kappa shape index (κ1) is 14.8. The van der Waals surface area contributed by atoms with Gasteiger partial charge in [0.25, 0.3) is 5.56 Å². The average molecular weight is 303 g/mol. The van der Waals surface area contributed by atoms with Crippen molar-refractivity contribution >= 4 is 0 Å². The van der Waals surface area contributed by atoms with E-state index in [9.17, 15) is 9.59 Å². The summed E-state index contributed by atoms with van der Waals surface area (Å²) in [5.41, 5.74) is 1.20. The summed E-state index contributed by atoms with van der Waals surface area (Å²) in [5, 5.41) is 7.05. The summed E-state index contributed by atoms with van der Waals surface area (Å²) in [5.74, 6) is 0.448. The van der Waals surface area contributed by atoms with Crippen molar-refractivity contribution in [2.75, 3.05) is 19.6 Å². The highest BCUT2D eigenvalue weighted by Gasteiger charge is 2.22. The molecule has 0 bridgehead atoms. The van der Waals surface area contributed by atoms with Gasteiger partial charge < -0.3 is 9.88 Å². The minimum atomic E-state index is -0.327. The van der Waals surface area contributed by atoms with Crippen molar-refractivity contribution in [3.63, 3.8) is 0 Å². The number of nitrogens with zero attached hydrogens (tertiary/aromatic N) is 3. The van der Waals surface area contributed by atoms with Gasteiger partial charge in [0.1, 0.15) is 0 Å². The molecule has 0 spiro atoms. The average Bonchev–Trinajstić information content (AvgIpc) is 3.00. The molecule has 1 fully saturated rings. The second-order valence-electron chi connectivity index (χ2n) is 5.90. The molecule has 2 aromatic heterocycles. The molecule has 7 nitrogen and oxygen atoms in total. The van der Waals surface area contributed by atoms with Crippen LogP contribution in [0, 0.1) is 6.92 Å². The summed E-state index contributed by atoms with van der Waals surface area (Å²) in [6.45, 7) is 4.78. The molecule has 1 aliphatic rings. The Balaban J connectivity index is 1.64. The highest BCUT2D eigenvalue weighted by Crippen LogP contribution is 2.24. The molecule has 3 heterocycles. The van der Waals surface area contributed by atoms with Crippen LogP contribution in [-0.4, -0.2) is 44.3 Å². The third-order valence-electron chi connectivity index (χ3n) is 4.26. The number of aromatic nitrogens is 4. The van der Waals surface area contributed by atoms with E-state index in [2.05, 4.69) is 20.1 Å². The molecule has 1 atom stereocenters. The van der Waals surface area contributed by atoms with Crippen LogP contribution < -0.4 is 11.2 Å². The summed E-state index contributed by atoms with van der Waals surface area (Å²) in [6, 6.07) is 3.48. The fourth-order valence-electron chi connectivity index (χ4n) is 3.10. The highest BCUT2D eigenvalue weighted by molar-refractivity contribution is 5.07. The van der Waals surface area contributed by atoms with E-state index >= 15 is 0 Å². The topological polar surface area (TPSA) is 86.8 Å². The van der Waals surface area contributed by atoms with Gasteiger partial charge in [0.15, 0.2) is 0 Å². The molecule has 1 aliphatic heterocycles. The summed E-state index contributed by atoms with van der Waals surface area (Å²) < 4.78 is 1.27. The quantitative estimate of drug-likeness (QED) is 0.858. The molecule has 118 valence electrons. The van der Waals surface area contributed by atoms with Crippen LogP contribution in [0.3, 0.4) is 0 Å². The number of piperidine rings is 1. The van der Waals surface area contributed by atoms with E-state index in [0.717, 1.165) is 31.6 Å². The molecule has 2 aromatic rings. The van der Waals surface area contributed by atoms with Crippen molar-refractivity contribution < 1.29 is 0 Å². The highest BCUT2D eigenvalue weighted by atomic mass is 16.2. The normalized spacial score (nSPS) is 19.4. The lowest BCUT2D eigenvalue weighted by molar-refractivity contribution is 0.197. The first-order valence-electron chi connectivity index (χ1n) is 7.66. The van der Waals surface area contributed by atoms with E-state index < -0.39 is 0 Å². The summed E-state index contributed by atoms with van der Waals surface area (Å²) in [7, 11) is 0. The Hall–Kier alpha value is -2.15. The zero-order valence-electron chi connectivity index (χ0n) is 12.7. The summed E-state index contributed by atoms with van der Waals surface area (Å²) in [4.78, 5) is 28.7. The predicted molar refractivity (Wildman–Crippen MR) is 83.1 cm³/mol. The molecule has 2 N–H and O–H groups in total. The number of aromatic amines is 2. The Kier molecular flexibility index (Phi) is 4.24. The number of H-pyrrole nitrogens is 2. The number of hydrogen-bond donors (Lipinski definition) is 2. The molecule has 22 heavy (non-hydrogen) atoms. The largest absolute Gasteiger partial charge is 0.328 e. The van der Waals surface area contributed by atoms with E-state index in [0.29, 0.717) is 24.7 Å². The lowest BCUT2D eigenvalue weighted by Gasteiger charge is -2.32. The third-order valence-corrected chi connectivity index (χ3v) is 4.26. The van der Waals surface area contributed by atoms with Gasteiger partial charge in [0.2, 0.25) is 0 Å². The lowest BCUT2D eigenvalue weighted by atomic mass is 9.95. The molecule has 0 amide bonds. The number of likely N-dealkylation sites (tertiary alicyclic amines) is 1.